The number of nitrogens with one attached hydrogen (secondary N) is 1. The Hall–Kier alpha value is -1.06. The van der Waals surface area contributed by atoms with E-state index in [4.69, 9.17) is 9.47 Å². The number of benzene rings is 1. The van der Waals surface area contributed by atoms with Crippen molar-refractivity contribution < 1.29 is 9.47 Å². The molecule has 1 saturated heterocycles. The standard InChI is InChI=1S/C17H27NO2/c1-13(2)17(4)12-18-11-16(3,20-17)10-14-8-6-7-9-15(14)19-5/h6-9,13,18H,10-12H2,1-5H3. The predicted octanol–water partition coefficient (Wildman–Crippen LogP) is 3.03. The molecule has 2 rings (SSSR count). The monoisotopic (exact) mass is 277 g/mol. The third kappa shape index (κ3) is 3.15. The van der Waals surface area contributed by atoms with E-state index in [2.05, 4.69) is 45.1 Å². The van der Waals surface area contributed by atoms with Crippen LogP contribution in [0.5, 0.6) is 5.75 Å². The van der Waals surface area contributed by atoms with Crippen molar-refractivity contribution in [1.82, 2.24) is 5.32 Å². The molecule has 0 aliphatic carbocycles. The molecule has 0 saturated carbocycles. The summed E-state index contributed by atoms with van der Waals surface area (Å²) in [5.41, 5.74) is 0.883. The highest BCUT2D eigenvalue weighted by Gasteiger charge is 2.42. The smallest absolute Gasteiger partial charge is 0.122 e. The molecule has 1 aromatic rings. The molecular formula is C17H27NO2. The van der Waals surface area contributed by atoms with E-state index in [1.807, 2.05) is 12.1 Å². The van der Waals surface area contributed by atoms with Gasteiger partial charge in [-0.25, -0.2) is 0 Å². The Balaban J connectivity index is 2.19. The van der Waals surface area contributed by atoms with Gasteiger partial charge in [-0.15, -0.1) is 0 Å². The number of methoxy groups -OCH3 is 1. The normalized spacial score (nSPS) is 30.5. The van der Waals surface area contributed by atoms with Crippen LogP contribution in [0.2, 0.25) is 0 Å². The Morgan fingerprint density at radius 1 is 1.25 bits per heavy atom. The van der Waals surface area contributed by atoms with E-state index in [-0.39, 0.29) is 11.2 Å². The molecule has 1 aliphatic heterocycles. The first-order valence-electron chi connectivity index (χ1n) is 7.41. The summed E-state index contributed by atoms with van der Waals surface area (Å²) in [5, 5.41) is 3.54. The van der Waals surface area contributed by atoms with Crippen LogP contribution in [-0.2, 0) is 11.2 Å². The van der Waals surface area contributed by atoms with Crippen LogP contribution < -0.4 is 10.1 Å². The number of hydrogen-bond donors (Lipinski definition) is 1. The third-order valence-corrected chi connectivity index (χ3v) is 4.43. The lowest BCUT2D eigenvalue weighted by molar-refractivity contribution is -0.180. The molecule has 1 aromatic carbocycles. The Morgan fingerprint density at radius 3 is 2.60 bits per heavy atom. The summed E-state index contributed by atoms with van der Waals surface area (Å²) >= 11 is 0. The van der Waals surface area contributed by atoms with Gasteiger partial charge in [0.15, 0.2) is 0 Å². The Morgan fingerprint density at radius 2 is 1.95 bits per heavy atom. The Bertz CT molecular complexity index is 460. The maximum Gasteiger partial charge on any atom is 0.122 e. The second kappa shape index (κ2) is 5.74. The van der Waals surface area contributed by atoms with E-state index >= 15 is 0 Å². The molecule has 20 heavy (non-hydrogen) atoms. The molecule has 2 unspecified atom stereocenters. The first-order chi connectivity index (χ1) is 9.38. The van der Waals surface area contributed by atoms with Gasteiger partial charge < -0.3 is 14.8 Å². The van der Waals surface area contributed by atoms with Crippen LogP contribution in [0.25, 0.3) is 0 Å². The largest absolute Gasteiger partial charge is 0.496 e. The minimum atomic E-state index is -0.202. The van der Waals surface area contributed by atoms with Crippen LogP contribution in [0, 0.1) is 5.92 Å². The Labute approximate surface area is 122 Å². The molecule has 0 spiro atoms. The minimum Gasteiger partial charge on any atom is -0.496 e. The fourth-order valence-electron chi connectivity index (χ4n) is 2.88. The highest BCUT2D eigenvalue weighted by atomic mass is 16.5. The van der Waals surface area contributed by atoms with Crippen LogP contribution in [0.3, 0.4) is 0 Å². The van der Waals surface area contributed by atoms with Gasteiger partial charge in [0.25, 0.3) is 0 Å². The van der Waals surface area contributed by atoms with Gasteiger partial charge in [0, 0.05) is 19.5 Å². The van der Waals surface area contributed by atoms with Gasteiger partial charge in [-0.2, -0.15) is 0 Å². The second-order valence-electron chi connectivity index (χ2n) is 6.61. The van der Waals surface area contributed by atoms with Crippen molar-refractivity contribution in [1.29, 1.82) is 0 Å². The lowest BCUT2D eigenvalue weighted by atomic mass is 9.86. The van der Waals surface area contributed by atoms with Gasteiger partial charge in [-0.05, 0) is 31.4 Å². The summed E-state index contributed by atoms with van der Waals surface area (Å²) in [6.45, 7) is 10.6. The molecule has 0 radical (unpaired) electrons. The molecule has 1 aliphatic rings. The number of para-hydroxylation sites is 1. The van der Waals surface area contributed by atoms with E-state index < -0.39 is 0 Å². The van der Waals surface area contributed by atoms with Crippen molar-refractivity contribution in [2.24, 2.45) is 5.92 Å². The lowest BCUT2D eigenvalue weighted by Crippen LogP contribution is -2.60. The fourth-order valence-corrected chi connectivity index (χ4v) is 2.88. The maximum atomic E-state index is 6.51. The van der Waals surface area contributed by atoms with Gasteiger partial charge in [0.1, 0.15) is 5.75 Å². The predicted molar refractivity (Wildman–Crippen MR) is 82.3 cm³/mol. The zero-order chi connectivity index (χ0) is 14.8. The zero-order valence-electron chi connectivity index (χ0n) is 13.3. The summed E-state index contributed by atoms with van der Waals surface area (Å²) in [7, 11) is 1.72. The van der Waals surface area contributed by atoms with E-state index in [1.165, 1.54) is 5.56 Å². The van der Waals surface area contributed by atoms with E-state index in [0.717, 1.165) is 25.3 Å². The maximum absolute atomic E-state index is 6.51. The molecule has 2 atom stereocenters. The van der Waals surface area contributed by atoms with Crippen LogP contribution >= 0.6 is 0 Å². The highest BCUT2D eigenvalue weighted by Crippen LogP contribution is 2.34. The van der Waals surface area contributed by atoms with Gasteiger partial charge in [-0.1, -0.05) is 32.0 Å². The van der Waals surface area contributed by atoms with Crippen LogP contribution in [0.15, 0.2) is 24.3 Å². The summed E-state index contributed by atoms with van der Waals surface area (Å²) in [6, 6.07) is 8.19. The molecule has 0 bridgehead atoms. The molecule has 1 heterocycles. The van der Waals surface area contributed by atoms with Crippen molar-refractivity contribution in [2.75, 3.05) is 20.2 Å². The van der Waals surface area contributed by atoms with Crippen LogP contribution in [0.4, 0.5) is 0 Å². The SMILES string of the molecule is COc1ccccc1CC1(C)CNCC(C)(C(C)C)O1. The zero-order valence-corrected chi connectivity index (χ0v) is 13.3. The lowest BCUT2D eigenvalue weighted by Gasteiger charge is -2.48. The number of ether oxygens (including phenoxy) is 2. The van der Waals surface area contributed by atoms with Gasteiger partial charge in [0.05, 0.1) is 18.3 Å². The summed E-state index contributed by atoms with van der Waals surface area (Å²) < 4.78 is 12.0. The molecule has 3 heteroatoms. The van der Waals surface area contributed by atoms with E-state index in [0.29, 0.717) is 5.92 Å². The van der Waals surface area contributed by atoms with E-state index in [9.17, 15) is 0 Å². The summed E-state index contributed by atoms with van der Waals surface area (Å²) in [4.78, 5) is 0. The average Bonchev–Trinajstić information content (AvgIpc) is 2.38. The van der Waals surface area contributed by atoms with Crippen molar-refractivity contribution in [3.8, 4) is 5.75 Å². The van der Waals surface area contributed by atoms with Gasteiger partial charge in [-0.3, -0.25) is 0 Å². The van der Waals surface area contributed by atoms with Crippen molar-refractivity contribution in [2.45, 2.75) is 45.3 Å². The topological polar surface area (TPSA) is 30.5 Å². The molecule has 0 amide bonds. The Kier molecular flexibility index (Phi) is 4.40. The molecule has 1 N–H and O–H groups in total. The first-order valence-corrected chi connectivity index (χ1v) is 7.41. The quantitative estimate of drug-likeness (QED) is 0.917. The van der Waals surface area contributed by atoms with E-state index in [1.54, 1.807) is 7.11 Å². The number of morpholine rings is 1. The number of hydrogen-bond acceptors (Lipinski definition) is 3. The first kappa shape index (κ1) is 15.3. The van der Waals surface area contributed by atoms with Crippen LogP contribution in [0.1, 0.15) is 33.3 Å². The summed E-state index contributed by atoms with van der Waals surface area (Å²) in [5.74, 6) is 1.42. The number of rotatable bonds is 4. The average molecular weight is 277 g/mol. The molecule has 1 fully saturated rings. The van der Waals surface area contributed by atoms with Gasteiger partial charge >= 0.3 is 0 Å². The van der Waals surface area contributed by atoms with Crippen molar-refractivity contribution in [3.05, 3.63) is 29.8 Å². The molecule has 112 valence electrons. The van der Waals surface area contributed by atoms with Crippen molar-refractivity contribution >= 4 is 0 Å². The molecule has 0 aromatic heterocycles. The molecular weight excluding hydrogens is 250 g/mol. The summed E-state index contributed by atoms with van der Waals surface area (Å²) in [6.07, 6.45) is 0.853. The molecule has 3 nitrogen and oxygen atoms in total. The minimum absolute atomic E-state index is 0.116. The fraction of sp³-hybridized carbons (Fsp3) is 0.647. The third-order valence-electron chi connectivity index (χ3n) is 4.43. The second-order valence-corrected chi connectivity index (χ2v) is 6.61. The highest BCUT2D eigenvalue weighted by molar-refractivity contribution is 5.34. The van der Waals surface area contributed by atoms with Crippen molar-refractivity contribution in [3.63, 3.8) is 0 Å². The van der Waals surface area contributed by atoms with Crippen LogP contribution in [-0.4, -0.2) is 31.4 Å². The van der Waals surface area contributed by atoms with Gasteiger partial charge in [0.2, 0.25) is 0 Å².